The first kappa shape index (κ1) is 9.78. The number of nitro groups is 1. The van der Waals surface area contributed by atoms with Gasteiger partial charge in [-0.3, -0.25) is 10.1 Å². The number of rotatable bonds is 0. The predicted octanol–water partition coefficient (Wildman–Crippen LogP) is -0.539. The van der Waals surface area contributed by atoms with E-state index < -0.39 is 10.0 Å². The molecule has 0 saturated carbocycles. The quantitative estimate of drug-likeness (QED) is 0.342. The topological polar surface area (TPSA) is 107 Å². The van der Waals surface area contributed by atoms with E-state index in [2.05, 4.69) is 0 Å². The van der Waals surface area contributed by atoms with Crippen molar-refractivity contribution in [2.24, 2.45) is 0 Å². The lowest BCUT2D eigenvalue weighted by Crippen LogP contribution is -1.81. The molecule has 0 aromatic rings. The molecule has 0 aliphatic heterocycles. The van der Waals surface area contributed by atoms with E-state index in [1.807, 2.05) is 0 Å². The molecule has 0 aromatic carbocycles. The predicted molar refractivity (Wildman–Crippen MR) is 19.0 cm³/mol. The minimum absolute atomic E-state index is 1.25. The molecule has 7 heteroatoms. The third kappa shape index (κ3) is 30.4. The second-order valence-corrected chi connectivity index (χ2v) is 0.495. The van der Waals surface area contributed by atoms with Crippen molar-refractivity contribution in [2.75, 3.05) is 0 Å². The van der Waals surface area contributed by atoms with Gasteiger partial charge in [-0.1, -0.05) is 0 Å². The fourth-order valence-electron chi connectivity index (χ4n) is 0. The van der Waals surface area contributed by atoms with Gasteiger partial charge in [0, 0.05) is 0 Å². The lowest BCUT2D eigenvalue weighted by molar-refractivity contribution is -0.742. The van der Waals surface area contributed by atoms with Gasteiger partial charge in [0.15, 0.2) is 0 Å². The van der Waals surface area contributed by atoms with Crippen molar-refractivity contribution in [3.8, 4) is 0 Å². The summed E-state index contributed by atoms with van der Waals surface area (Å²) in [6, 6.07) is 0. The van der Waals surface area contributed by atoms with Crippen LogP contribution >= 0.6 is 0 Å². The Morgan fingerprint density at radius 2 is 1.38 bits per heavy atom. The molecule has 0 fully saturated rings. The van der Waals surface area contributed by atoms with Crippen LogP contribution in [-0.2, 0) is 0 Å². The standard InChI is InChI=1S/CNO2.HNO3/c1-2(3)4;2-1(3)4/h;(H,2,3,4). The zero-order valence-corrected chi connectivity index (χ0v) is 3.47. The minimum atomic E-state index is -1.50. The van der Waals surface area contributed by atoms with Gasteiger partial charge in [-0.25, -0.2) is 0 Å². The van der Waals surface area contributed by atoms with Crippen LogP contribution in [0.15, 0.2) is 0 Å². The summed E-state index contributed by atoms with van der Waals surface area (Å²) in [7, 11) is 5.31. The zero-order valence-electron chi connectivity index (χ0n) is 3.47. The van der Waals surface area contributed by atoms with Crippen molar-refractivity contribution in [3.63, 3.8) is 0 Å². The molecule has 0 heterocycles. The number of nitrogens with zero attached hydrogens (tertiary/aromatic N) is 2. The first-order chi connectivity index (χ1) is 3.46. The maximum atomic E-state index is 8.47. The molecule has 0 amide bonds. The third-order valence-electron chi connectivity index (χ3n) is 0. The highest BCUT2D eigenvalue weighted by Crippen LogP contribution is 1.45. The number of hydrogen-bond donors (Lipinski definition) is 1. The van der Waals surface area contributed by atoms with E-state index in [9.17, 15) is 0 Å². The second kappa shape index (κ2) is 5.60. The van der Waals surface area contributed by atoms with Crippen molar-refractivity contribution in [1.82, 2.24) is 0 Å². The normalized spacial score (nSPS) is 6.12. The molecule has 0 aromatic heterocycles. The van der Waals surface area contributed by atoms with Gasteiger partial charge < -0.3 is 5.21 Å². The molecule has 7 nitrogen and oxygen atoms in total. The first-order valence-electron chi connectivity index (χ1n) is 1.15. The molecule has 0 rings (SSSR count). The van der Waals surface area contributed by atoms with E-state index >= 15 is 0 Å². The summed E-state index contributed by atoms with van der Waals surface area (Å²) >= 11 is 0. The highest BCUT2D eigenvalue weighted by Gasteiger charge is 1.67. The van der Waals surface area contributed by atoms with E-state index in [4.69, 9.17) is 32.5 Å². The summed E-state index contributed by atoms with van der Waals surface area (Å²) < 4.78 is 0. The van der Waals surface area contributed by atoms with Crippen LogP contribution in [0.25, 0.3) is 0 Å². The van der Waals surface area contributed by atoms with Gasteiger partial charge in [-0.15, -0.1) is 10.1 Å². The lowest BCUT2D eigenvalue weighted by Gasteiger charge is -1.58. The van der Waals surface area contributed by atoms with Crippen LogP contribution in [0, 0.1) is 27.3 Å². The van der Waals surface area contributed by atoms with Gasteiger partial charge in [-0.2, -0.15) is 0 Å². The Labute approximate surface area is 43.8 Å². The van der Waals surface area contributed by atoms with E-state index in [0.717, 1.165) is 0 Å². The summed E-state index contributed by atoms with van der Waals surface area (Å²) in [5.74, 6) is 0. The highest BCUT2D eigenvalue weighted by atomic mass is 16.9. The lowest BCUT2D eigenvalue weighted by atomic mass is 11.5. The van der Waals surface area contributed by atoms with Crippen LogP contribution in [0.2, 0.25) is 0 Å². The summed E-state index contributed by atoms with van der Waals surface area (Å²) in [6.45, 7) is 0. The van der Waals surface area contributed by atoms with E-state index in [-0.39, 0.29) is 0 Å². The molecule has 0 aliphatic carbocycles. The first-order valence-corrected chi connectivity index (χ1v) is 1.15. The molecule has 0 saturated heterocycles. The molecule has 1 N–H and O–H groups in total. The van der Waals surface area contributed by atoms with Crippen LogP contribution in [0.4, 0.5) is 0 Å². The van der Waals surface area contributed by atoms with Gasteiger partial charge in [0.1, 0.15) is 0 Å². The molecule has 0 unspecified atom stereocenters. The monoisotopic (exact) mass is 121 g/mol. The Balaban J connectivity index is 0. The fraction of sp³-hybridized carbons (Fsp3) is 0. The Bertz CT molecular complexity index is 68.4. The molecule has 8 heavy (non-hydrogen) atoms. The molecule has 0 atom stereocenters. The van der Waals surface area contributed by atoms with Gasteiger partial charge in [-0.05, 0) is 0 Å². The molecule has 45 valence electrons. The van der Waals surface area contributed by atoms with Crippen LogP contribution in [0.1, 0.15) is 0 Å². The van der Waals surface area contributed by atoms with Crippen molar-refractivity contribution in [2.45, 2.75) is 0 Å². The van der Waals surface area contributed by atoms with Crippen molar-refractivity contribution in [3.05, 3.63) is 27.3 Å². The van der Waals surface area contributed by atoms with E-state index in [1.54, 1.807) is 0 Å². The SMILES string of the molecule is O=[N+]([O-])O.[C][N+](=O)[O-]. The zero-order chi connectivity index (χ0) is 7.15. The van der Waals surface area contributed by atoms with Crippen LogP contribution in [-0.4, -0.2) is 15.2 Å². The average molecular weight is 121 g/mol. The maximum absolute atomic E-state index is 8.47. The number of hydrogen-bond acceptors (Lipinski definition) is 4. The van der Waals surface area contributed by atoms with E-state index in [0.29, 0.717) is 0 Å². The summed E-state index contributed by atoms with van der Waals surface area (Å²) in [4.78, 5) is 15.6. The van der Waals surface area contributed by atoms with Crippen molar-refractivity contribution >= 4 is 0 Å². The van der Waals surface area contributed by atoms with Crippen molar-refractivity contribution < 1.29 is 15.2 Å². The largest absolute Gasteiger partial charge is 0.474 e. The summed E-state index contributed by atoms with van der Waals surface area (Å²) in [5, 5.41) is 22.1. The molecule has 3 radical (unpaired) electrons. The van der Waals surface area contributed by atoms with Crippen LogP contribution in [0.5, 0.6) is 0 Å². The summed E-state index contributed by atoms with van der Waals surface area (Å²) in [5.41, 5.74) is 0. The smallest absolute Gasteiger partial charge is 0.328 e. The Morgan fingerprint density at radius 1 is 1.38 bits per heavy atom. The minimum Gasteiger partial charge on any atom is -0.328 e. The van der Waals surface area contributed by atoms with E-state index in [1.165, 1.54) is 0 Å². The fourth-order valence-corrected chi connectivity index (χ4v) is 0. The maximum Gasteiger partial charge on any atom is 0.474 e. The van der Waals surface area contributed by atoms with Gasteiger partial charge >= 0.3 is 7.05 Å². The molecule has 0 spiro atoms. The molecular formula is CHN2O5. The molecule has 0 aliphatic rings. The van der Waals surface area contributed by atoms with Crippen LogP contribution in [0.3, 0.4) is 0 Å². The van der Waals surface area contributed by atoms with Crippen molar-refractivity contribution in [1.29, 1.82) is 0 Å². The highest BCUT2D eigenvalue weighted by molar-refractivity contribution is 3.99. The Morgan fingerprint density at radius 3 is 1.38 bits per heavy atom. The molecular weight excluding hydrogens is 120 g/mol. The summed E-state index contributed by atoms with van der Waals surface area (Å²) in [6.07, 6.45) is 0. The third-order valence-corrected chi connectivity index (χ3v) is 0. The van der Waals surface area contributed by atoms with Gasteiger partial charge in [0.05, 0.1) is 4.92 Å². The van der Waals surface area contributed by atoms with Gasteiger partial charge in [0.2, 0.25) is 0 Å². The van der Waals surface area contributed by atoms with Crippen LogP contribution < -0.4 is 0 Å². The average Bonchev–Trinajstić information content (AvgIpc) is 1.25. The Kier molecular flexibility index (Phi) is 6.85. The van der Waals surface area contributed by atoms with Gasteiger partial charge in [0.25, 0.3) is 5.09 Å². The second-order valence-electron chi connectivity index (χ2n) is 0.495. The Hall–Kier alpha value is -1.40. The molecule has 0 bridgehead atoms.